The predicted octanol–water partition coefficient (Wildman–Crippen LogP) is 4.57. The largest absolute Gasteiger partial charge is 0.490 e. The third-order valence-electron chi connectivity index (χ3n) is 6.81. The van der Waals surface area contributed by atoms with E-state index in [1.807, 2.05) is 37.3 Å². The molecule has 0 saturated heterocycles. The molecule has 3 unspecified atom stereocenters. The van der Waals surface area contributed by atoms with Gasteiger partial charge in [-0.3, -0.25) is 14.9 Å². The maximum Gasteiger partial charge on any atom is 0.336 e. The van der Waals surface area contributed by atoms with E-state index < -0.39 is 34.2 Å². The maximum absolute atomic E-state index is 13.4. The fourth-order valence-corrected chi connectivity index (χ4v) is 5.99. The Labute approximate surface area is 223 Å². The number of nitro groups is 1. The topological polar surface area (TPSA) is 130 Å². The Morgan fingerprint density at radius 2 is 1.82 bits per heavy atom. The van der Waals surface area contributed by atoms with E-state index in [0.717, 1.165) is 5.56 Å². The average Bonchev–Trinajstić information content (AvgIpc) is 3.42. The minimum Gasteiger partial charge on any atom is -0.490 e. The van der Waals surface area contributed by atoms with Crippen molar-refractivity contribution in [2.24, 2.45) is 5.92 Å². The van der Waals surface area contributed by atoms with Crippen molar-refractivity contribution >= 4 is 29.0 Å². The van der Waals surface area contributed by atoms with E-state index in [1.165, 1.54) is 44.8 Å². The number of nitrogens with zero attached hydrogens (tertiary/aromatic N) is 2. The molecule has 0 bridgehead atoms. The van der Waals surface area contributed by atoms with Gasteiger partial charge in [-0.15, -0.1) is 11.3 Å². The summed E-state index contributed by atoms with van der Waals surface area (Å²) in [5.41, 5.74) is 1.44. The lowest BCUT2D eigenvalue weighted by Gasteiger charge is -2.46. The van der Waals surface area contributed by atoms with Gasteiger partial charge >= 0.3 is 17.6 Å². The van der Waals surface area contributed by atoms with Crippen LogP contribution in [0.3, 0.4) is 0 Å². The lowest BCUT2D eigenvalue weighted by atomic mass is 9.67. The number of ether oxygens (including phenoxy) is 3. The van der Waals surface area contributed by atoms with E-state index in [-0.39, 0.29) is 17.0 Å². The summed E-state index contributed by atoms with van der Waals surface area (Å²) in [6.07, 6.45) is 0. The Bertz CT molecular complexity index is 1420. The summed E-state index contributed by atoms with van der Waals surface area (Å²) >= 11 is 1.25. The number of carbonyl (C=O) groups excluding carboxylic acids is 2. The first-order valence-corrected chi connectivity index (χ1v) is 12.5. The molecular weight excluding hydrogens is 510 g/mol. The molecule has 38 heavy (non-hydrogen) atoms. The van der Waals surface area contributed by atoms with Gasteiger partial charge in [-0.25, -0.2) is 9.78 Å². The second-order valence-electron chi connectivity index (χ2n) is 8.92. The molecule has 0 aliphatic carbocycles. The maximum atomic E-state index is 13.4. The summed E-state index contributed by atoms with van der Waals surface area (Å²) < 4.78 is 15.5. The molecule has 1 aromatic heterocycles. The molecule has 1 aliphatic rings. The first-order chi connectivity index (χ1) is 18.2. The summed E-state index contributed by atoms with van der Waals surface area (Å²) in [5.74, 6) is -2.70. The van der Waals surface area contributed by atoms with Crippen molar-refractivity contribution in [2.75, 3.05) is 21.3 Å². The molecule has 3 aromatic rings. The number of aromatic nitrogens is 1. The number of nitro benzene ring substituents is 1. The standard InChI is InChI=1S/C27H27N3O7S/c1-15-21(25(31)36-4)22(23(26(32)37-5)27(2,29-15)17-9-7-6-8-10-17)24-28-18(14-38-24)16-11-12-20(35-3)19(13-16)30(33)34/h6-14,22-23,29H,1-5H3. The van der Waals surface area contributed by atoms with Crippen LogP contribution in [0.1, 0.15) is 30.3 Å². The van der Waals surface area contributed by atoms with Crippen LogP contribution in [-0.4, -0.2) is 43.2 Å². The smallest absolute Gasteiger partial charge is 0.336 e. The number of methoxy groups -OCH3 is 3. The Morgan fingerprint density at radius 3 is 2.42 bits per heavy atom. The van der Waals surface area contributed by atoms with Crippen LogP contribution in [0, 0.1) is 16.0 Å². The molecule has 0 spiro atoms. The zero-order chi connectivity index (χ0) is 27.6. The van der Waals surface area contributed by atoms with E-state index in [1.54, 1.807) is 18.4 Å². The Hall–Kier alpha value is -4.25. The highest BCUT2D eigenvalue weighted by molar-refractivity contribution is 7.10. The third-order valence-corrected chi connectivity index (χ3v) is 7.74. The van der Waals surface area contributed by atoms with Gasteiger partial charge in [-0.05, 0) is 31.5 Å². The molecule has 0 saturated carbocycles. The van der Waals surface area contributed by atoms with Gasteiger partial charge in [0.15, 0.2) is 5.75 Å². The molecular formula is C27H27N3O7S. The molecule has 1 aliphatic heterocycles. The Kier molecular flexibility index (Phi) is 7.49. The first-order valence-electron chi connectivity index (χ1n) is 11.6. The Morgan fingerprint density at radius 1 is 1.11 bits per heavy atom. The van der Waals surface area contributed by atoms with Crippen LogP contribution in [-0.2, 0) is 24.6 Å². The minimum atomic E-state index is -0.953. The van der Waals surface area contributed by atoms with E-state index in [4.69, 9.17) is 19.2 Å². The molecule has 0 radical (unpaired) electrons. The van der Waals surface area contributed by atoms with E-state index in [2.05, 4.69) is 5.32 Å². The van der Waals surface area contributed by atoms with Crippen LogP contribution in [0.25, 0.3) is 11.3 Å². The number of carbonyl (C=O) groups is 2. The van der Waals surface area contributed by atoms with Crippen molar-refractivity contribution < 1.29 is 28.7 Å². The van der Waals surface area contributed by atoms with Crippen molar-refractivity contribution in [3.8, 4) is 17.0 Å². The van der Waals surface area contributed by atoms with Crippen LogP contribution >= 0.6 is 11.3 Å². The predicted molar refractivity (Wildman–Crippen MR) is 141 cm³/mol. The van der Waals surface area contributed by atoms with Crippen LogP contribution in [0.15, 0.2) is 65.2 Å². The normalized spacial score (nSPS) is 20.9. The van der Waals surface area contributed by atoms with Gasteiger partial charge < -0.3 is 19.5 Å². The number of hydrogen-bond acceptors (Lipinski definition) is 10. The third kappa shape index (κ3) is 4.60. The highest BCUT2D eigenvalue weighted by Crippen LogP contribution is 2.49. The highest BCUT2D eigenvalue weighted by atomic mass is 32.1. The van der Waals surface area contributed by atoms with Gasteiger partial charge in [0.2, 0.25) is 0 Å². The van der Waals surface area contributed by atoms with Crippen molar-refractivity contribution in [2.45, 2.75) is 25.3 Å². The second kappa shape index (κ2) is 10.6. The van der Waals surface area contributed by atoms with Crippen LogP contribution in [0.2, 0.25) is 0 Å². The number of allylic oxidation sites excluding steroid dienone is 1. The molecule has 0 amide bonds. The molecule has 11 heteroatoms. The van der Waals surface area contributed by atoms with E-state index in [0.29, 0.717) is 22.0 Å². The molecule has 2 heterocycles. The molecule has 198 valence electrons. The molecule has 2 aromatic carbocycles. The lowest BCUT2D eigenvalue weighted by Crippen LogP contribution is -2.55. The second-order valence-corrected chi connectivity index (χ2v) is 9.81. The summed E-state index contributed by atoms with van der Waals surface area (Å²) in [6, 6.07) is 14.0. The van der Waals surface area contributed by atoms with Gasteiger partial charge in [0.1, 0.15) is 5.01 Å². The fraction of sp³-hybridized carbons (Fsp3) is 0.296. The van der Waals surface area contributed by atoms with Gasteiger partial charge in [0.25, 0.3) is 0 Å². The summed E-state index contributed by atoms with van der Waals surface area (Å²) in [6.45, 7) is 3.64. The number of thiazole rings is 1. The number of esters is 2. The van der Waals surface area contributed by atoms with Gasteiger partial charge in [-0.2, -0.15) is 0 Å². The first kappa shape index (κ1) is 26.8. The number of nitrogens with one attached hydrogen (secondary N) is 1. The molecule has 3 atom stereocenters. The van der Waals surface area contributed by atoms with Crippen molar-refractivity contribution in [3.05, 3.63) is 85.9 Å². The SMILES string of the molecule is COC(=O)C1=C(C)NC(C)(c2ccccc2)C(C(=O)OC)C1c1nc(-c2ccc(OC)c([N+](=O)[O-])c2)cs1. The summed E-state index contributed by atoms with van der Waals surface area (Å²) in [4.78, 5) is 42.3. The van der Waals surface area contributed by atoms with Crippen LogP contribution in [0.4, 0.5) is 5.69 Å². The fourth-order valence-electron chi connectivity index (χ4n) is 5.01. The van der Waals surface area contributed by atoms with Crippen molar-refractivity contribution in [1.82, 2.24) is 10.3 Å². The van der Waals surface area contributed by atoms with Crippen molar-refractivity contribution in [1.29, 1.82) is 0 Å². The monoisotopic (exact) mass is 537 g/mol. The van der Waals surface area contributed by atoms with Gasteiger partial charge in [0.05, 0.1) is 54.9 Å². The minimum absolute atomic E-state index is 0.128. The summed E-state index contributed by atoms with van der Waals surface area (Å²) in [5, 5.41) is 17.1. The number of rotatable bonds is 7. The van der Waals surface area contributed by atoms with Crippen LogP contribution in [0.5, 0.6) is 5.75 Å². The lowest BCUT2D eigenvalue weighted by molar-refractivity contribution is -0.385. The average molecular weight is 538 g/mol. The zero-order valence-electron chi connectivity index (χ0n) is 21.5. The number of benzene rings is 2. The summed E-state index contributed by atoms with van der Waals surface area (Å²) in [7, 11) is 3.94. The van der Waals surface area contributed by atoms with Gasteiger partial charge in [-0.1, -0.05) is 30.3 Å². The van der Waals surface area contributed by atoms with Gasteiger partial charge in [0, 0.05) is 22.7 Å². The van der Waals surface area contributed by atoms with E-state index >= 15 is 0 Å². The molecule has 4 rings (SSSR count). The van der Waals surface area contributed by atoms with Crippen molar-refractivity contribution in [3.63, 3.8) is 0 Å². The molecule has 0 fully saturated rings. The van der Waals surface area contributed by atoms with Crippen LogP contribution < -0.4 is 10.1 Å². The molecule has 1 N–H and O–H groups in total. The highest BCUT2D eigenvalue weighted by Gasteiger charge is 2.54. The molecule has 10 nitrogen and oxygen atoms in total. The number of hydrogen-bond donors (Lipinski definition) is 1. The quantitative estimate of drug-likeness (QED) is 0.262. The Balaban J connectivity index is 1.91. The zero-order valence-corrected chi connectivity index (χ0v) is 22.3. The van der Waals surface area contributed by atoms with E-state index in [9.17, 15) is 19.7 Å².